The number of hydrogen-bond acceptors (Lipinski definition) is 4. The Morgan fingerprint density at radius 3 is 2.57 bits per heavy atom. The van der Waals surface area contributed by atoms with Crippen LogP contribution >= 0.6 is 0 Å². The summed E-state index contributed by atoms with van der Waals surface area (Å²) >= 11 is 0. The Balaban J connectivity index is 1.52. The summed E-state index contributed by atoms with van der Waals surface area (Å²) in [5.41, 5.74) is 4.21. The molecule has 0 aromatic heterocycles. The van der Waals surface area contributed by atoms with Gasteiger partial charge < -0.3 is 9.47 Å². The predicted molar refractivity (Wildman–Crippen MR) is 109 cm³/mol. The summed E-state index contributed by atoms with van der Waals surface area (Å²) in [6.45, 7) is 2.55. The molecule has 3 aromatic carbocycles. The molecule has 4 nitrogen and oxygen atoms in total. The monoisotopic (exact) mass is 369 g/mol. The van der Waals surface area contributed by atoms with Crippen LogP contribution in [-0.4, -0.2) is 11.9 Å². The fourth-order valence-corrected chi connectivity index (χ4v) is 2.90. The number of rotatable bonds is 5. The number of esters is 1. The van der Waals surface area contributed by atoms with E-state index in [1.54, 1.807) is 6.08 Å². The molecule has 0 bridgehead atoms. The van der Waals surface area contributed by atoms with Gasteiger partial charge in [0, 0.05) is 5.56 Å². The molecule has 0 saturated heterocycles. The van der Waals surface area contributed by atoms with Gasteiger partial charge in [0.15, 0.2) is 5.70 Å². The van der Waals surface area contributed by atoms with Gasteiger partial charge in [0.25, 0.3) is 0 Å². The third-order valence-corrected chi connectivity index (χ3v) is 4.46. The predicted octanol–water partition coefficient (Wildman–Crippen LogP) is 4.92. The molecular formula is C24H19NO3. The highest BCUT2D eigenvalue weighted by molar-refractivity contribution is 6.12. The lowest BCUT2D eigenvalue weighted by atomic mass is 10.1. The van der Waals surface area contributed by atoms with Crippen molar-refractivity contribution < 1.29 is 14.3 Å². The molecule has 0 aliphatic carbocycles. The number of aryl methyl sites for hydroxylation is 1. The SMILES string of the molecule is Cc1ccccc1COc1cccc(/C=C2\N=C(c3ccccc3)OC2=O)c1. The molecule has 0 saturated carbocycles. The molecular weight excluding hydrogens is 350 g/mol. The zero-order chi connectivity index (χ0) is 19.3. The number of carbonyl (C=O) groups is 1. The zero-order valence-electron chi connectivity index (χ0n) is 15.5. The van der Waals surface area contributed by atoms with Crippen molar-refractivity contribution in [1.29, 1.82) is 0 Å². The highest BCUT2D eigenvalue weighted by atomic mass is 16.6. The molecule has 4 heteroatoms. The number of cyclic esters (lactones) is 1. The summed E-state index contributed by atoms with van der Waals surface area (Å²) in [5, 5.41) is 0. The number of nitrogens with zero attached hydrogens (tertiary/aromatic N) is 1. The minimum atomic E-state index is -0.454. The molecule has 0 amide bonds. The Morgan fingerprint density at radius 2 is 1.75 bits per heavy atom. The Kier molecular flexibility index (Phi) is 5.02. The number of hydrogen-bond donors (Lipinski definition) is 0. The third-order valence-electron chi connectivity index (χ3n) is 4.46. The number of benzene rings is 3. The van der Waals surface area contributed by atoms with Gasteiger partial charge in [-0.1, -0.05) is 54.6 Å². The Hall–Kier alpha value is -3.66. The Labute approximate surface area is 163 Å². The summed E-state index contributed by atoms with van der Waals surface area (Å²) in [4.78, 5) is 16.5. The van der Waals surface area contributed by atoms with Gasteiger partial charge in [0.2, 0.25) is 5.90 Å². The van der Waals surface area contributed by atoms with Crippen LogP contribution in [0, 0.1) is 6.92 Å². The zero-order valence-corrected chi connectivity index (χ0v) is 15.5. The van der Waals surface area contributed by atoms with Crippen molar-refractivity contribution in [1.82, 2.24) is 0 Å². The molecule has 28 heavy (non-hydrogen) atoms. The molecule has 0 atom stereocenters. The van der Waals surface area contributed by atoms with Crippen molar-refractivity contribution in [3.63, 3.8) is 0 Å². The van der Waals surface area contributed by atoms with E-state index in [9.17, 15) is 4.79 Å². The molecule has 0 fully saturated rings. The Bertz CT molecular complexity index is 1070. The summed E-state index contributed by atoms with van der Waals surface area (Å²) in [6, 6.07) is 25.1. The number of ether oxygens (including phenoxy) is 2. The van der Waals surface area contributed by atoms with Crippen LogP contribution in [0.1, 0.15) is 22.3 Å². The summed E-state index contributed by atoms with van der Waals surface area (Å²) in [6.07, 6.45) is 1.71. The first-order valence-corrected chi connectivity index (χ1v) is 9.04. The smallest absolute Gasteiger partial charge is 0.363 e. The maximum Gasteiger partial charge on any atom is 0.363 e. The van der Waals surface area contributed by atoms with E-state index in [4.69, 9.17) is 9.47 Å². The molecule has 138 valence electrons. The quantitative estimate of drug-likeness (QED) is 0.474. The van der Waals surface area contributed by atoms with Gasteiger partial charge >= 0.3 is 5.97 Å². The van der Waals surface area contributed by atoms with Gasteiger partial charge in [-0.2, -0.15) is 0 Å². The maximum absolute atomic E-state index is 12.2. The van der Waals surface area contributed by atoms with E-state index in [1.165, 1.54) is 5.56 Å². The van der Waals surface area contributed by atoms with Crippen molar-refractivity contribution in [3.05, 3.63) is 107 Å². The van der Waals surface area contributed by atoms with Crippen LogP contribution in [0.15, 0.2) is 89.6 Å². The largest absolute Gasteiger partial charge is 0.489 e. The maximum atomic E-state index is 12.2. The molecule has 0 unspecified atom stereocenters. The van der Waals surface area contributed by atoms with E-state index in [0.29, 0.717) is 12.5 Å². The van der Waals surface area contributed by atoms with Crippen LogP contribution in [0.5, 0.6) is 5.75 Å². The van der Waals surface area contributed by atoms with Crippen molar-refractivity contribution in [2.75, 3.05) is 0 Å². The summed E-state index contributed by atoms with van der Waals surface area (Å²) in [5.74, 6) is 0.602. The van der Waals surface area contributed by atoms with Crippen LogP contribution in [-0.2, 0) is 16.1 Å². The first kappa shape index (κ1) is 17.7. The standard InChI is InChI=1S/C24H19NO3/c1-17-8-5-6-12-20(17)16-27-21-13-7-9-18(14-21)15-22-24(26)28-23(25-22)19-10-3-2-4-11-19/h2-15H,16H2,1H3/b22-15-. The van der Waals surface area contributed by atoms with Crippen molar-refractivity contribution in [3.8, 4) is 5.75 Å². The lowest BCUT2D eigenvalue weighted by molar-refractivity contribution is -0.129. The summed E-state index contributed by atoms with van der Waals surface area (Å²) < 4.78 is 11.2. The second-order valence-electron chi connectivity index (χ2n) is 6.49. The molecule has 3 aromatic rings. The average molecular weight is 369 g/mol. The van der Waals surface area contributed by atoms with Gasteiger partial charge in [-0.25, -0.2) is 9.79 Å². The van der Waals surface area contributed by atoms with Crippen LogP contribution in [0.25, 0.3) is 6.08 Å². The molecule has 0 spiro atoms. The lowest BCUT2D eigenvalue weighted by Gasteiger charge is -2.09. The molecule has 0 N–H and O–H groups in total. The Morgan fingerprint density at radius 1 is 0.964 bits per heavy atom. The first-order valence-electron chi connectivity index (χ1n) is 9.04. The molecule has 1 heterocycles. The second kappa shape index (κ2) is 7.92. The van der Waals surface area contributed by atoms with Crippen LogP contribution in [0.4, 0.5) is 0 Å². The highest BCUT2D eigenvalue weighted by Gasteiger charge is 2.23. The highest BCUT2D eigenvalue weighted by Crippen LogP contribution is 2.22. The molecule has 1 aliphatic rings. The number of aliphatic imine (C=N–C) groups is 1. The third kappa shape index (κ3) is 4.01. The first-order chi connectivity index (χ1) is 13.7. The van der Waals surface area contributed by atoms with Gasteiger partial charge in [0.1, 0.15) is 12.4 Å². The lowest BCUT2D eigenvalue weighted by Crippen LogP contribution is -2.04. The fourth-order valence-electron chi connectivity index (χ4n) is 2.90. The van der Waals surface area contributed by atoms with Gasteiger partial charge in [-0.3, -0.25) is 0 Å². The number of carbonyl (C=O) groups excluding carboxylic acids is 1. The van der Waals surface area contributed by atoms with E-state index in [0.717, 1.165) is 22.4 Å². The van der Waals surface area contributed by atoms with Gasteiger partial charge in [-0.05, 0) is 54.0 Å². The average Bonchev–Trinajstić information content (AvgIpc) is 3.09. The van der Waals surface area contributed by atoms with E-state index >= 15 is 0 Å². The fraction of sp³-hybridized carbons (Fsp3) is 0.0833. The van der Waals surface area contributed by atoms with Crippen LogP contribution in [0.3, 0.4) is 0 Å². The minimum Gasteiger partial charge on any atom is -0.489 e. The van der Waals surface area contributed by atoms with E-state index < -0.39 is 5.97 Å². The van der Waals surface area contributed by atoms with Crippen molar-refractivity contribution >= 4 is 17.9 Å². The normalized spacial score (nSPS) is 14.7. The van der Waals surface area contributed by atoms with E-state index in [-0.39, 0.29) is 5.70 Å². The molecule has 4 rings (SSSR count). The minimum absolute atomic E-state index is 0.273. The van der Waals surface area contributed by atoms with Crippen molar-refractivity contribution in [2.24, 2.45) is 4.99 Å². The van der Waals surface area contributed by atoms with Gasteiger partial charge in [-0.15, -0.1) is 0 Å². The van der Waals surface area contributed by atoms with Crippen LogP contribution in [0.2, 0.25) is 0 Å². The van der Waals surface area contributed by atoms with E-state index in [2.05, 4.69) is 24.0 Å². The van der Waals surface area contributed by atoms with Gasteiger partial charge in [0.05, 0.1) is 0 Å². The summed E-state index contributed by atoms with van der Waals surface area (Å²) in [7, 11) is 0. The molecule has 0 radical (unpaired) electrons. The van der Waals surface area contributed by atoms with Crippen LogP contribution < -0.4 is 4.74 Å². The second-order valence-corrected chi connectivity index (χ2v) is 6.49. The topological polar surface area (TPSA) is 47.9 Å². The van der Waals surface area contributed by atoms with Crippen molar-refractivity contribution in [2.45, 2.75) is 13.5 Å². The molecule has 1 aliphatic heterocycles. The van der Waals surface area contributed by atoms with E-state index in [1.807, 2.05) is 66.7 Å².